The van der Waals surface area contributed by atoms with E-state index in [2.05, 4.69) is 79.2 Å². The molecule has 0 spiro atoms. The lowest BCUT2D eigenvalue weighted by molar-refractivity contribution is 0.0796. The van der Waals surface area contributed by atoms with E-state index in [1.807, 2.05) is 0 Å². The van der Waals surface area contributed by atoms with Crippen molar-refractivity contribution in [2.24, 2.45) is 0 Å². The Labute approximate surface area is 158 Å². The summed E-state index contributed by atoms with van der Waals surface area (Å²) in [5.74, 6) is 1.02. The fourth-order valence-corrected chi connectivity index (χ4v) is 3.67. The van der Waals surface area contributed by atoms with Crippen LogP contribution in [0.15, 0.2) is 48.5 Å². The highest BCUT2D eigenvalue weighted by Crippen LogP contribution is 2.22. The molecule has 2 aromatic rings. The highest BCUT2D eigenvalue weighted by molar-refractivity contribution is 5.38. The molecule has 0 bridgehead atoms. The summed E-state index contributed by atoms with van der Waals surface area (Å²) in [6.45, 7) is 9.80. The van der Waals surface area contributed by atoms with Crippen LogP contribution in [0.3, 0.4) is 0 Å². The van der Waals surface area contributed by atoms with Crippen LogP contribution in [0.4, 0.5) is 0 Å². The summed E-state index contributed by atoms with van der Waals surface area (Å²) in [4.78, 5) is 4.98. The van der Waals surface area contributed by atoms with Crippen molar-refractivity contribution in [1.82, 2.24) is 9.80 Å². The number of nitrogens with zero attached hydrogens (tertiary/aromatic N) is 2. The summed E-state index contributed by atoms with van der Waals surface area (Å²) >= 11 is 0. The number of piperazine rings is 1. The van der Waals surface area contributed by atoms with Gasteiger partial charge in [0.1, 0.15) is 12.4 Å². The van der Waals surface area contributed by atoms with Gasteiger partial charge < -0.3 is 9.64 Å². The molecule has 140 valence electrons. The number of benzene rings is 2. The van der Waals surface area contributed by atoms with Crippen LogP contribution in [0.25, 0.3) is 0 Å². The summed E-state index contributed by atoms with van der Waals surface area (Å²) in [7, 11) is 2.20. The summed E-state index contributed by atoms with van der Waals surface area (Å²) in [6.07, 6.45) is 2.11. The lowest BCUT2D eigenvalue weighted by atomic mass is 10.0. The molecule has 0 amide bonds. The predicted octanol–water partition coefficient (Wildman–Crippen LogP) is 3.99. The molecule has 3 nitrogen and oxygen atoms in total. The van der Waals surface area contributed by atoms with Crippen LogP contribution in [-0.2, 0) is 6.42 Å². The molecule has 0 radical (unpaired) electrons. The lowest BCUT2D eigenvalue weighted by Crippen LogP contribution is -2.50. The van der Waals surface area contributed by atoms with E-state index >= 15 is 0 Å². The summed E-state index contributed by atoms with van der Waals surface area (Å²) in [6, 6.07) is 17.7. The molecule has 1 fully saturated rings. The van der Waals surface area contributed by atoms with Gasteiger partial charge in [-0.1, -0.05) is 49.4 Å². The van der Waals surface area contributed by atoms with Gasteiger partial charge in [-0.2, -0.15) is 0 Å². The monoisotopic (exact) mass is 352 g/mol. The largest absolute Gasteiger partial charge is 0.492 e. The van der Waals surface area contributed by atoms with Gasteiger partial charge in [-0.05, 0) is 49.6 Å². The maximum atomic E-state index is 6.22. The molecule has 0 aromatic heterocycles. The summed E-state index contributed by atoms with van der Waals surface area (Å²) < 4.78 is 6.22. The molecule has 2 aromatic carbocycles. The van der Waals surface area contributed by atoms with Crippen LogP contribution in [0.5, 0.6) is 5.75 Å². The molecular formula is C23H32N2O. The van der Waals surface area contributed by atoms with Gasteiger partial charge in [0, 0.05) is 32.2 Å². The highest BCUT2D eigenvalue weighted by atomic mass is 16.5. The number of likely N-dealkylation sites (N-methyl/N-ethyl adjacent to an activating group) is 1. The quantitative estimate of drug-likeness (QED) is 0.749. The molecule has 1 saturated heterocycles. The lowest BCUT2D eigenvalue weighted by Gasteiger charge is -2.37. The van der Waals surface area contributed by atoms with Gasteiger partial charge in [0.25, 0.3) is 0 Å². The van der Waals surface area contributed by atoms with E-state index in [0.29, 0.717) is 6.04 Å². The Morgan fingerprint density at radius 3 is 2.35 bits per heavy atom. The van der Waals surface area contributed by atoms with E-state index in [1.54, 1.807) is 0 Å². The van der Waals surface area contributed by atoms with Crippen molar-refractivity contribution < 1.29 is 4.74 Å². The van der Waals surface area contributed by atoms with Gasteiger partial charge >= 0.3 is 0 Å². The molecule has 1 unspecified atom stereocenters. The molecule has 1 aliphatic heterocycles. The molecule has 1 heterocycles. The minimum atomic E-state index is 0.507. The second-order valence-corrected chi connectivity index (χ2v) is 7.47. The van der Waals surface area contributed by atoms with Gasteiger partial charge in [-0.3, -0.25) is 4.90 Å². The highest BCUT2D eigenvalue weighted by Gasteiger charge is 2.21. The Balaban J connectivity index is 1.57. The van der Waals surface area contributed by atoms with Crippen molar-refractivity contribution in [3.63, 3.8) is 0 Å². The van der Waals surface area contributed by atoms with E-state index in [4.69, 9.17) is 4.74 Å². The van der Waals surface area contributed by atoms with Gasteiger partial charge in [0.05, 0.1) is 0 Å². The Morgan fingerprint density at radius 1 is 0.962 bits per heavy atom. The number of aryl methyl sites for hydroxylation is 1. The minimum absolute atomic E-state index is 0.507. The smallest absolute Gasteiger partial charge is 0.122 e. The van der Waals surface area contributed by atoms with Crippen molar-refractivity contribution in [2.45, 2.75) is 32.7 Å². The summed E-state index contributed by atoms with van der Waals surface area (Å²) in [5, 5.41) is 0. The zero-order valence-corrected chi connectivity index (χ0v) is 16.4. The van der Waals surface area contributed by atoms with Gasteiger partial charge in [-0.25, -0.2) is 0 Å². The Hall–Kier alpha value is -1.84. The molecule has 1 aliphatic rings. The van der Waals surface area contributed by atoms with Gasteiger partial charge in [0.15, 0.2) is 0 Å². The van der Waals surface area contributed by atoms with Crippen LogP contribution in [0, 0.1) is 6.92 Å². The van der Waals surface area contributed by atoms with Crippen molar-refractivity contribution in [3.8, 4) is 5.75 Å². The Morgan fingerprint density at radius 2 is 1.69 bits per heavy atom. The van der Waals surface area contributed by atoms with E-state index in [9.17, 15) is 0 Å². The zero-order valence-electron chi connectivity index (χ0n) is 16.4. The third kappa shape index (κ3) is 5.09. The second kappa shape index (κ2) is 9.20. The Kier molecular flexibility index (Phi) is 6.70. The average molecular weight is 353 g/mol. The molecule has 0 aliphatic carbocycles. The minimum Gasteiger partial charge on any atom is -0.492 e. The fourth-order valence-electron chi connectivity index (χ4n) is 3.67. The maximum absolute atomic E-state index is 6.22. The third-order valence-corrected chi connectivity index (χ3v) is 5.45. The van der Waals surface area contributed by atoms with Gasteiger partial charge in [0.2, 0.25) is 0 Å². The first-order valence-electron chi connectivity index (χ1n) is 9.84. The molecule has 3 heteroatoms. The number of hydrogen-bond donors (Lipinski definition) is 0. The second-order valence-electron chi connectivity index (χ2n) is 7.47. The van der Waals surface area contributed by atoms with E-state index < -0.39 is 0 Å². The molecule has 1 atom stereocenters. The maximum Gasteiger partial charge on any atom is 0.122 e. The molecule has 3 rings (SSSR count). The van der Waals surface area contributed by atoms with Crippen LogP contribution < -0.4 is 4.74 Å². The molecular weight excluding hydrogens is 320 g/mol. The zero-order chi connectivity index (χ0) is 18.4. The number of hydrogen-bond acceptors (Lipinski definition) is 3. The molecule has 26 heavy (non-hydrogen) atoms. The normalized spacial score (nSPS) is 17.2. The first-order chi connectivity index (χ1) is 12.7. The topological polar surface area (TPSA) is 15.7 Å². The predicted molar refractivity (Wildman–Crippen MR) is 109 cm³/mol. The van der Waals surface area contributed by atoms with Crippen LogP contribution in [0.1, 0.15) is 30.0 Å². The van der Waals surface area contributed by atoms with Crippen molar-refractivity contribution in [3.05, 3.63) is 65.2 Å². The van der Waals surface area contributed by atoms with E-state index in [0.717, 1.165) is 51.4 Å². The number of rotatable bonds is 7. The standard InChI is InChI=1S/C23H32N2O/c1-4-22(25-14-12-24(3)13-15-25)18-26-23-11-10-21(16-19(23)2)17-20-8-6-5-7-9-20/h5-11,16,22H,4,12-15,17-18H2,1-3H3. The van der Waals surface area contributed by atoms with Crippen molar-refractivity contribution >= 4 is 0 Å². The van der Waals surface area contributed by atoms with Crippen LogP contribution in [-0.4, -0.2) is 55.7 Å². The van der Waals surface area contributed by atoms with Crippen LogP contribution in [0.2, 0.25) is 0 Å². The first kappa shape index (κ1) is 18.9. The Bertz CT molecular complexity index is 678. The van der Waals surface area contributed by atoms with Crippen molar-refractivity contribution in [1.29, 1.82) is 0 Å². The fraction of sp³-hybridized carbons (Fsp3) is 0.478. The van der Waals surface area contributed by atoms with Crippen molar-refractivity contribution in [2.75, 3.05) is 39.8 Å². The van der Waals surface area contributed by atoms with Gasteiger partial charge in [-0.15, -0.1) is 0 Å². The third-order valence-electron chi connectivity index (χ3n) is 5.45. The average Bonchev–Trinajstić information content (AvgIpc) is 2.66. The van der Waals surface area contributed by atoms with E-state index in [-0.39, 0.29) is 0 Å². The first-order valence-corrected chi connectivity index (χ1v) is 9.84. The molecule has 0 saturated carbocycles. The van der Waals surface area contributed by atoms with Crippen LogP contribution >= 0.6 is 0 Å². The number of ether oxygens (including phenoxy) is 1. The summed E-state index contributed by atoms with van der Waals surface area (Å²) in [5.41, 5.74) is 3.92. The molecule has 0 N–H and O–H groups in total. The SMILES string of the molecule is CCC(COc1ccc(Cc2ccccc2)cc1C)N1CCN(C)CC1. The van der Waals surface area contributed by atoms with E-state index in [1.165, 1.54) is 16.7 Å².